The Labute approximate surface area is 94.0 Å². The lowest BCUT2D eigenvalue weighted by Gasteiger charge is -1.98. The fourth-order valence-electron chi connectivity index (χ4n) is 1.24. The lowest BCUT2D eigenvalue weighted by molar-refractivity contribution is 0.813. The van der Waals surface area contributed by atoms with Gasteiger partial charge < -0.3 is 5.73 Å². The zero-order valence-corrected chi connectivity index (χ0v) is 9.36. The number of benzene rings is 1. The number of hydrogen-bond donors (Lipinski definition) is 2. The van der Waals surface area contributed by atoms with Crippen LogP contribution in [0.15, 0.2) is 33.5 Å². The summed E-state index contributed by atoms with van der Waals surface area (Å²) in [5.74, 6) is 0.472. The molecule has 6 heteroatoms. The van der Waals surface area contributed by atoms with Crippen LogP contribution < -0.4 is 11.4 Å². The van der Waals surface area contributed by atoms with Crippen molar-refractivity contribution in [2.75, 3.05) is 0 Å². The number of nitrogens with two attached hydrogens (primary N) is 1. The summed E-state index contributed by atoms with van der Waals surface area (Å²) in [5, 5.41) is 4.04. The maximum Gasteiger partial charge on any atom is 0.348 e. The lowest BCUT2D eigenvalue weighted by Crippen LogP contribution is -2.15. The van der Waals surface area contributed by atoms with Gasteiger partial charge >= 0.3 is 5.69 Å². The van der Waals surface area contributed by atoms with Gasteiger partial charge in [0.05, 0.1) is 12.2 Å². The minimum atomic E-state index is -0.284. The first-order chi connectivity index (χ1) is 7.20. The number of aromatic nitrogens is 3. The third-order valence-corrected chi connectivity index (χ3v) is 2.40. The number of hydrogen-bond acceptors (Lipinski definition) is 3. The van der Waals surface area contributed by atoms with Gasteiger partial charge in [-0.25, -0.2) is 4.79 Å². The van der Waals surface area contributed by atoms with Crippen LogP contribution in [-0.4, -0.2) is 14.8 Å². The molecule has 0 amide bonds. The van der Waals surface area contributed by atoms with Crippen molar-refractivity contribution >= 4 is 15.9 Å². The van der Waals surface area contributed by atoms with Crippen molar-refractivity contribution in [1.29, 1.82) is 0 Å². The predicted molar refractivity (Wildman–Crippen MR) is 59.8 cm³/mol. The van der Waals surface area contributed by atoms with Crippen LogP contribution in [0.4, 0.5) is 0 Å². The summed E-state index contributed by atoms with van der Waals surface area (Å²) in [6.07, 6.45) is 0. The Kier molecular flexibility index (Phi) is 2.70. The molecule has 1 aromatic carbocycles. The summed E-state index contributed by atoms with van der Waals surface area (Å²) < 4.78 is 2.18. The molecule has 0 bridgehead atoms. The maximum atomic E-state index is 11.5. The number of halogens is 1. The molecule has 0 aliphatic heterocycles. The van der Waals surface area contributed by atoms with Crippen LogP contribution in [0.3, 0.4) is 0 Å². The first kappa shape index (κ1) is 10.1. The first-order valence-electron chi connectivity index (χ1n) is 4.35. The van der Waals surface area contributed by atoms with E-state index in [0.29, 0.717) is 11.5 Å². The molecule has 2 aromatic rings. The van der Waals surface area contributed by atoms with E-state index in [1.165, 1.54) is 4.68 Å². The molecule has 0 aliphatic rings. The highest BCUT2D eigenvalue weighted by Crippen LogP contribution is 2.13. The molecule has 5 nitrogen and oxygen atoms in total. The average molecular weight is 269 g/mol. The molecule has 0 aliphatic carbocycles. The SMILES string of the molecule is NCc1nn(-c2cccc(Br)c2)c(=O)[nH]1. The Hall–Kier alpha value is -1.40. The van der Waals surface area contributed by atoms with Gasteiger partial charge in [0, 0.05) is 4.47 Å². The summed E-state index contributed by atoms with van der Waals surface area (Å²) in [6, 6.07) is 7.32. The standard InChI is InChI=1S/C9H9BrN4O/c10-6-2-1-3-7(4-6)14-9(15)12-8(5-11)13-14/h1-4H,5,11H2,(H,12,13,15). The summed E-state index contributed by atoms with van der Waals surface area (Å²) in [7, 11) is 0. The van der Waals surface area contributed by atoms with Crippen molar-refractivity contribution in [3.8, 4) is 5.69 Å². The predicted octanol–water partition coefficient (Wildman–Crippen LogP) is 0.782. The molecule has 0 spiro atoms. The van der Waals surface area contributed by atoms with Gasteiger partial charge in [0.15, 0.2) is 0 Å². The second-order valence-corrected chi connectivity index (χ2v) is 3.89. The van der Waals surface area contributed by atoms with Crippen molar-refractivity contribution in [2.45, 2.75) is 6.54 Å². The van der Waals surface area contributed by atoms with Crippen LogP contribution in [0.2, 0.25) is 0 Å². The van der Waals surface area contributed by atoms with Crippen LogP contribution in [-0.2, 0) is 6.54 Å². The Morgan fingerprint density at radius 1 is 1.53 bits per heavy atom. The highest BCUT2D eigenvalue weighted by molar-refractivity contribution is 9.10. The Morgan fingerprint density at radius 3 is 2.93 bits per heavy atom. The van der Waals surface area contributed by atoms with Crippen molar-refractivity contribution < 1.29 is 0 Å². The molecule has 0 unspecified atom stereocenters. The number of nitrogens with one attached hydrogen (secondary N) is 1. The highest BCUT2D eigenvalue weighted by Gasteiger charge is 2.05. The number of H-pyrrole nitrogens is 1. The molecule has 78 valence electrons. The lowest BCUT2D eigenvalue weighted by atomic mass is 10.3. The monoisotopic (exact) mass is 268 g/mol. The molecule has 2 rings (SSSR count). The summed E-state index contributed by atoms with van der Waals surface area (Å²) in [5.41, 5.74) is 5.80. The molecule has 1 aromatic heterocycles. The third kappa shape index (κ3) is 2.00. The molecule has 3 N–H and O–H groups in total. The van der Waals surface area contributed by atoms with Gasteiger partial charge in [-0.1, -0.05) is 22.0 Å². The smallest absolute Gasteiger partial charge is 0.324 e. The van der Waals surface area contributed by atoms with Crippen LogP contribution >= 0.6 is 15.9 Å². The summed E-state index contributed by atoms with van der Waals surface area (Å²) in [6.45, 7) is 0.218. The van der Waals surface area contributed by atoms with Gasteiger partial charge in [-0.15, -0.1) is 5.10 Å². The molecule has 0 radical (unpaired) electrons. The maximum absolute atomic E-state index is 11.5. The van der Waals surface area contributed by atoms with E-state index in [4.69, 9.17) is 5.73 Å². The molecular weight excluding hydrogens is 260 g/mol. The van der Waals surface area contributed by atoms with Crippen molar-refractivity contribution in [3.63, 3.8) is 0 Å². The zero-order valence-electron chi connectivity index (χ0n) is 7.77. The Balaban J connectivity index is 2.54. The fraction of sp³-hybridized carbons (Fsp3) is 0.111. The van der Waals surface area contributed by atoms with Gasteiger partial charge in [0.1, 0.15) is 5.82 Å². The average Bonchev–Trinajstić information content (AvgIpc) is 2.60. The molecule has 0 saturated heterocycles. The first-order valence-corrected chi connectivity index (χ1v) is 5.14. The molecule has 0 atom stereocenters. The van der Waals surface area contributed by atoms with Crippen LogP contribution in [0.25, 0.3) is 5.69 Å². The van der Waals surface area contributed by atoms with Crippen LogP contribution in [0.5, 0.6) is 0 Å². The van der Waals surface area contributed by atoms with E-state index in [2.05, 4.69) is 26.0 Å². The Morgan fingerprint density at radius 2 is 2.33 bits per heavy atom. The van der Waals surface area contributed by atoms with Crippen LogP contribution in [0.1, 0.15) is 5.82 Å². The topological polar surface area (TPSA) is 76.7 Å². The number of nitrogens with zero attached hydrogens (tertiary/aromatic N) is 2. The fourth-order valence-corrected chi connectivity index (χ4v) is 1.63. The summed E-state index contributed by atoms with van der Waals surface area (Å²) >= 11 is 3.33. The largest absolute Gasteiger partial charge is 0.348 e. The minimum absolute atomic E-state index is 0.218. The van der Waals surface area contributed by atoms with Gasteiger partial charge in [-0.2, -0.15) is 4.68 Å². The molecule has 0 saturated carbocycles. The van der Waals surface area contributed by atoms with E-state index in [9.17, 15) is 4.79 Å². The quantitative estimate of drug-likeness (QED) is 0.845. The number of aromatic amines is 1. The van der Waals surface area contributed by atoms with E-state index in [0.717, 1.165) is 4.47 Å². The highest BCUT2D eigenvalue weighted by atomic mass is 79.9. The van der Waals surface area contributed by atoms with E-state index in [-0.39, 0.29) is 12.2 Å². The van der Waals surface area contributed by atoms with E-state index >= 15 is 0 Å². The van der Waals surface area contributed by atoms with E-state index < -0.39 is 0 Å². The van der Waals surface area contributed by atoms with E-state index in [1.54, 1.807) is 6.07 Å². The van der Waals surface area contributed by atoms with Gasteiger partial charge in [-0.3, -0.25) is 4.98 Å². The molecule has 1 heterocycles. The second-order valence-electron chi connectivity index (χ2n) is 2.97. The van der Waals surface area contributed by atoms with Crippen molar-refractivity contribution in [1.82, 2.24) is 14.8 Å². The molecular formula is C9H9BrN4O. The summed E-state index contributed by atoms with van der Waals surface area (Å²) in [4.78, 5) is 14.1. The van der Waals surface area contributed by atoms with Crippen molar-refractivity contribution in [3.05, 3.63) is 45.0 Å². The van der Waals surface area contributed by atoms with E-state index in [1.807, 2.05) is 18.2 Å². The minimum Gasteiger partial charge on any atom is -0.324 e. The van der Waals surface area contributed by atoms with Gasteiger partial charge in [0.25, 0.3) is 0 Å². The van der Waals surface area contributed by atoms with Gasteiger partial charge in [0.2, 0.25) is 0 Å². The van der Waals surface area contributed by atoms with Crippen molar-refractivity contribution in [2.24, 2.45) is 5.73 Å². The normalized spacial score (nSPS) is 10.5. The molecule has 15 heavy (non-hydrogen) atoms. The second kappa shape index (κ2) is 4.00. The third-order valence-electron chi connectivity index (χ3n) is 1.91. The van der Waals surface area contributed by atoms with Crippen LogP contribution in [0, 0.1) is 0 Å². The van der Waals surface area contributed by atoms with Gasteiger partial charge in [-0.05, 0) is 18.2 Å². The zero-order chi connectivity index (χ0) is 10.8. The molecule has 0 fully saturated rings. The number of rotatable bonds is 2. The Bertz CT molecular complexity index is 531.